The minimum Gasteiger partial charge on any atom is -0.496 e. The Morgan fingerprint density at radius 3 is 2.05 bits per heavy atom. The van der Waals surface area contributed by atoms with Gasteiger partial charge in [0, 0.05) is 12.6 Å². The Labute approximate surface area is 118 Å². The maximum absolute atomic E-state index is 11.6. The highest BCUT2D eigenvalue weighted by atomic mass is 16.5. The maximum Gasteiger partial charge on any atom is 0.310 e. The molecule has 0 heterocycles. The van der Waals surface area contributed by atoms with Gasteiger partial charge >= 0.3 is 5.97 Å². The molecule has 20 heavy (non-hydrogen) atoms. The molecule has 0 spiro atoms. The molecular formula is C14H21NO5. The molecule has 0 amide bonds. The van der Waals surface area contributed by atoms with Crippen LogP contribution >= 0.6 is 0 Å². The Morgan fingerprint density at radius 2 is 1.60 bits per heavy atom. The summed E-state index contributed by atoms with van der Waals surface area (Å²) in [6.07, 6.45) is 0.409. The monoisotopic (exact) mass is 283 g/mol. The first-order chi connectivity index (χ1) is 9.60. The van der Waals surface area contributed by atoms with Crippen LogP contribution < -0.4 is 19.9 Å². The van der Waals surface area contributed by atoms with Crippen LogP contribution in [-0.4, -0.2) is 41.0 Å². The van der Waals surface area contributed by atoms with E-state index in [1.165, 1.54) is 7.11 Å². The number of esters is 1. The van der Waals surface area contributed by atoms with Gasteiger partial charge in [0.15, 0.2) is 11.5 Å². The molecule has 0 fully saturated rings. The van der Waals surface area contributed by atoms with Crippen LogP contribution in [0.25, 0.3) is 0 Å². The van der Waals surface area contributed by atoms with Crippen molar-refractivity contribution in [1.29, 1.82) is 0 Å². The average molecular weight is 283 g/mol. The zero-order valence-electron chi connectivity index (χ0n) is 12.3. The van der Waals surface area contributed by atoms with Crippen molar-refractivity contribution in [2.45, 2.75) is 6.42 Å². The van der Waals surface area contributed by atoms with Crippen molar-refractivity contribution in [3.63, 3.8) is 0 Å². The third kappa shape index (κ3) is 3.54. The van der Waals surface area contributed by atoms with E-state index in [1.807, 2.05) is 0 Å². The van der Waals surface area contributed by atoms with Gasteiger partial charge in [0.05, 0.1) is 34.4 Å². The van der Waals surface area contributed by atoms with Gasteiger partial charge in [-0.3, -0.25) is 4.79 Å². The fourth-order valence-corrected chi connectivity index (χ4v) is 1.95. The van der Waals surface area contributed by atoms with Gasteiger partial charge in [-0.25, -0.2) is 0 Å². The molecule has 1 aromatic rings. The molecule has 2 N–H and O–H groups in total. The first-order valence-corrected chi connectivity index (χ1v) is 6.18. The second-order valence-corrected chi connectivity index (χ2v) is 4.18. The summed E-state index contributed by atoms with van der Waals surface area (Å²) in [5.41, 5.74) is 6.43. The molecule has 112 valence electrons. The number of carbonyl (C=O) groups is 1. The van der Waals surface area contributed by atoms with Crippen molar-refractivity contribution in [2.24, 2.45) is 11.7 Å². The molecule has 6 nitrogen and oxygen atoms in total. The van der Waals surface area contributed by atoms with Gasteiger partial charge in [0.1, 0.15) is 5.75 Å². The van der Waals surface area contributed by atoms with Crippen LogP contribution in [0.5, 0.6) is 17.2 Å². The van der Waals surface area contributed by atoms with Crippen molar-refractivity contribution in [3.05, 3.63) is 17.7 Å². The first kappa shape index (κ1) is 16.1. The fourth-order valence-electron chi connectivity index (χ4n) is 1.95. The zero-order valence-corrected chi connectivity index (χ0v) is 12.3. The van der Waals surface area contributed by atoms with Crippen LogP contribution in [0.15, 0.2) is 12.1 Å². The Bertz CT molecular complexity index is 461. The summed E-state index contributed by atoms with van der Waals surface area (Å²) < 4.78 is 20.5. The molecule has 0 aliphatic carbocycles. The minimum absolute atomic E-state index is 0.199. The van der Waals surface area contributed by atoms with Crippen molar-refractivity contribution in [2.75, 3.05) is 35.0 Å². The van der Waals surface area contributed by atoms with Crippen molar-refractivity contribution in [3.8, 4) is 17.2 Å². The lowest BCUT2D eigenvalue weighted by Crippen LogP contribution is -2.27. The zero-order chi connectivity index (χ0) is 15.1. The topological polar surface area (TPSA) is 80.0 Å². The molecule has 1 atom stereocenters. The van der Waals surface area contributed by atoms with E-state index in [0.717, 1.165) is 5.56 Å². The summed E-state index contributed by atoms with van der Waals surface area (Å²) in [6, 6.07) is 3.50. The van der Waals surface area contributed by atoms with Crippen molar-refractivity contribution < 1.29 is 23.7 Å². The smallest absolute Gasteiger partial charge is 0.310 e. The number of hydrogen-bond acceptors (Lipinski definition) is 6. The van der Waals surface area contributed by atoms with Gasteiger partial charge in [0.2, 0.25) is 0 Å². The Kier molecular flexibility index (Phi) is 6.11. The highest BCUT2D eigenvalue weighted by Gasteiger charge is 2.21. The predicted molar refractivity (Wildman–Crippen MR) is 74.4 cm³/mol. The molecule has 1 rings (SSSR count). The van der Waals surface area contributed by atoms with E-state index >= 15 is 0 Å². The van der Waals surface area contributed by atoms with Crippen LogP contribution in [0, 0.1) is 5.92 Å². The van der Waals surface area contributed by atoms with E-state index in [9.17, 15) is 4.79 Å². The third-order valence-corrected chi connectivity index (χ3v) is 3.07. The fraction of sp³-hybridized carbons (Fsp3) is 0.500. The summed E-state index contributed by atoms with van der Waals surface area (Å²) in [5.74, 6) is 0.987. The normalized spacial score (nSPS) is 11.7. The minimum atomic E-state index is -0.424. The third-order valence-electron chi connectivity index (χ3n) is 3.07. The number of benzene rings is 1. The summed E-state index contributed by atoms with van der Waals surface area (Å²) >= 11 is 0. The summed E-state index contributed by atoms with van der Waals surface area (Å²) in [7, 11) is 6.00. The number of rotatable bonds is 7. The number of methoxy groups -OCH3 is 4. The largest absolute Gasteiger partial charge is 0.496 e. The van der Waals surface area contributed by atoms with E-state index in [0.29, 0.717) is 23.7 Å². The van der Waals surface area contributed by atoms with E-state index in [2.05, 4.69) is 0 Å². The van der Waals surface area contributed by atoms with Crippen molar-refractivity contribution >= 4 is 5.97 Å². The molecule has 1 aromatic carbocycles. The first-order valence-electron chi connectivity index (χ1n) is 6.18. The predicted octanol–water partition coefficient (Wildman–Crippen LogP) is 1.00. The van der Waals surface area contributed by atoms with Crippen LogP contribution in [-0.2, 0) is 16.0 Å². The van der Waals surface area contributed by atoms with E-state index in [1.54, 1.807) is 33.5 Å². The summed E-state index contributed by atoms with van der Waals surface area (Å²) in [6.45, 7) is 0.199. The Balaban J connectivity index is 3.12. The van der Waals surface area contributed by atoms with Gasteiger partial charge < -0.3 is 24.7 Å². The Hall–Kier alpha value is -1.95. The van der Waals surface area contributed by atoms with Gasteiger partial charge in [-0.15, -0.1) is 0 Å². The summed E-state index contributed by atoms with van der Waals surface area (Å²) in [5, 5.41) is 0. The van der Waals surface area contributed by atoms with Gasteiger partial charge in [-0.1, -0.05) is 0 Å². The molecule has 0 saturated heterocycles. The lowest BCUT2D eigenvalue weighted by Gasteiger charge is -2.17. The van der Waals surface area contributed by atoms with E-state index < -0.39 is 5.92 Å². The van der Waals surface area contributed by atoms with Crippen LogP contribution in [0.2, 0.25) is 0 Å². The number of carbonyl (C=O) groups excluding carboxylic acids is 1. The maximum atomic E-state index is 11.6. The second-order valence-electron chi connectivity index (χ2n) is 4.18. The Morgan fingerprint density at radius 1 is 1.05 bits per heavy atom. The van der Waals surface area contributed by atoms with Crippen LogP contribution in [0.1, 0.15) is 5.56 Å². The highest BCUT2D eigenvalue weighted by Crippen LogP contribution is 2.35. The van der Waals surface area contributed by atoms with Crippen molar-refractivity contribution in [1.82, 2.24) is 0 Å². The molecule has 0 aromatic heterocycles. The number of hydrogen-bond donors (Lipinski definition) is 1. The molecule has 0 radical (unpaired) electrons. The highest BCUT2D eigenvalue weighted by molar-refractivity contribution is 5.73. The van der Waals surface area contributed by atoms with Crippen LogP contribution in [0.4, 0.5) is 0 Å². The SMILES string of the molecule is COC(=O)C(CN)Cc1cc(OC)c(OC)cc1OC. The lowest BCUT2D eigenvalue weighted by atomic mass is 9.98. The van der Waals surface area contributed by atoms with Crippen LogP contribution in [0.3, 0.4) is 0 Å². The number of ether oxygens (including phenoxy) is 4. The molecular weight excluding hydrogens is 262 g/mol. The average Bonchev–Trinajstić information content (AvgIpc) is 2.50. The molecule has 0 aliphatic heterocycles. The van der Waals surface area contributed by atoms with Gasteiger partial charge in [-0.05, 0) is 18.1 Å². The van der Waals surface area contributed by atoms with Gasteiger partial charge in [0.25, 0.3) is 0 Å². The quantitative estimate of drug-likeness (QED) is 0.752. The molecule has 6 heteroatoms. The number of nitrogens with two attached hydrogens (primary N) is 1. The molecule has 0 bridgehead atoms. The second kappa shape index (κ2) is 7.59. The molecule has 0 aliphatic rings. The molecule has 0 saturated carbocycles. The van der Waals surface area contributed by atoms with Gasteiger partial charge in [-0.2, -0.15) is 0 Å². The lowest BCUT2D eigenvalue weighted by molar-refractivity contribution is -0.145. The van der Waals surface area contributed by atoms with E-state index in [-0.39, 0.29) is 12.5 Å². The molecule has 1 unspecified atom stereocenters. The van der Waals surface area contributed by atoms with E-state index in [4.69, 9.17) is 24.7 Å². The summed E-state index contributed by atoms with van der Waals surface area (Å²) in [4.78, 5) is 11.6. The standard InChI is InChI=1S/C14H21NO5/c1-17-11-7-13(19-3)12(18-2)6-9(11)5-10(8-15)14(16)20-4/h6-7,10H,5,8,15H2,1-4H3.